The van der Waals surface area contributed by atoms with Crippen molar-refractivity contribution in [1.82, 2.24) is 0 Å². The van der Waals surface area contributed by atoms with Crippen molar-refractivity contribution < 1.29 is 18.9 Å². The van der Waals surface area contributed by atoms with Gasteiger partial charge in [0.2, 0.25) is 0 Å². The lowest BCUT2D eigenvalue weighted by Crippen LogP contribution is -2.26. The molecule has 2 rings (SSSR count). The highest BCUT2D eigenvalue weighted by molar-refractivity contribution is 7.00. The van der Waals surface area contributed by atoms with E-state index in [1.807, 2.05) is 62.4 Å². The number of carbonyl (C=O) groups is 2. The van der Waals surface area contributed by atoms with Gasteiger partial charge in [-0.3, -0.25) is 9.59 Å². The number of benzene rings is 2. The second-order valence-corrected chi connectivity index (χ2v) is 8.82. The first kappa shape index (κ1) is 29.7. The molecule has 0 saturated heterocycles. The minimum absolute atomic E-state index is 0.181. The number of hydrogen-bond donors (Lipinski definition) is 0. The molecule has 0 aromatic heterocycles. The van der Waals surface area contributed by atoms with Crippen molar-refractivity contribution in [2.75, 3.05) is 6.61 Å². The van der Waals surface area contributed by atoms with Crippen LogP contribution < -0.4 is 0 Å². The van der Waals surface area contributed by atoms with Crippen molar-refractivity contribution >= 4 is 20.9 Å². The molecule has 5 heteroatoms. The van der Waals surface area contributed by atoms with Crippen LogP contribution in [0.3, 0.4) is 0 Å². The van der Waals surface area contributed by atoms with Crippen LogP contribution in [0.25, 0.3) is 0 Å². The van der Waals surface area contributed by atoms with E-state index in [2.05, 4.69) is 6.92 Å². The van der Waals surface area contributed by atoms with Gasteiger partial charge in [-0.15, -0.1) is 0 Å². The second kappa shape index (κ2) is 18.1. The molecule has 0 N–H and O–H groups in total. The molecule has 0 heterocycles. The van der Waals surface area contributed by atoms with Gasteiger partial charge < -0.3 is 4.74 Å². The molecular weight excluding hydrogens is 443 g/mol. The third kappa shape index (κ3) is 10.3. The van der Waals surface area contributed by atoms with Crippen LogP contribution in [-0.4, -0.2) is 18.4 Å². The number of ketones is 1. The van der Waals surface area contributed by atoms with E-state index in [0.29, 0.717) is 17.7 Å². The van der Waals surface area contributed by atoms with Gasteiger partial charge in [-0.1, -0.05) is 118 Å². The fourth-order valence-electron chi connectivity index (χ4n) is 4.23. The van der Waals surface area contributed by atoms with Crippen LogP contribution >= 0.6 is 9.12 Å². The van der Waals surface area contributed by atoms with Crippen LogP contribution in [0.15, 0.2) is 48.5 Å². The van der Waals surface area contributed by atoms with Gasteiger partial charge in [-0.2, -0.15) is 0 Å². The Morgan fingerprint density at radius 3 is 1.76 bits per heavy atom. The first-order valence-corrected chi connectivity index (χ1v) is 13.1. The molecule has 2 aromatic carbocycles. The fraction of sp³-hybridized carbons (Fsp3) is 0.517. The minimum atomic E-state index is -0.917. The van der Waals surface area contributed by atoms with Gasteiger partial charge in [0.05, 0.1) is 6.61 Å². The summed E-state index contributed by atoms with van der Waals surface area (Å²) in [4.78, 5) is 26.4. The van der Waals surface area contributed by atoms with Crippen molar-refractivity contribution in [1.29, 1.82) is 0 Å². The maximum absolute atomic E-state index is 13.4. The zero-order valence-electron chi connectivity index (χ0n) is 21.2. The molecule has 0 radical (unpaired) electrons. The highest BCUT2D eigenvalue weighted by Crippen LogP contribution is 2.26. The van der Waals surface area contributed by atoms with Gasteiger partial charge in [0.15, 0.2) is 5.78 Å². The largest absolute Gasteiger partial charge is 0.465 e. The van der Waals surface area contributed by atoms with E-state index in [1.165, 1.54) is 60.5 Å². The molecule has 0 amide bonds. The Morgan fingerprint density at radius 1 is 0.735 bits per heavy atom. The quantitative estimate of drug-likeness (QED) is 0.0844. The molecule has 0 spiro atoms. The Balaban J connectivity index is 0.00000281. The average molecular weight is 486 g/mol. The molecule has 0 fully saturated rings. The topological polar surface area (TPSA) is 60.4 Å². The van der Waals surface area contributed by atoms with Gasteiger partial charge in [-0.25, -0.2) is 0 Å². The summed E-state index contributed by atoms with van der Waals surface area (Å²) in [5.41, 5.74) is 3.09. The number of unbranched alkanes of at least 4 members (excludes halogenated alkanes) is 9. The summed E-state index contributed by atoms with van der Waals surface area (Å²) < 4.78 is 13.8. The molecule has 2 unspecified atom stereocenters. The molecule has 0 aliphatic carbocycles. The maximum Gasteiger partial charge on any atom is 0.321 e. The van der Waals surface area contributed by atoms with E-state index in [4.69, 9.17) is 9.30 Å². The Kier molecular flexibility index (Phi) is 15.8. The summed E-state index contributed by atoms with van der Waals surface area (Å²) in [6, 6.07) is 15.0. The van der Waals surface area contributed by atoms with Gasteiger partial charge in [-0.05, 0) is 37.0 Å². The first-order valence-electron chi connectivity index (χ1n) is 12.6. The van der Waals surface area contributed by atoms with E-state index in [9.17, 15) is 9.59 Å². The number of carbonyl (C=O) groups excluding carboxylic acids is 2. The van der Waals surface area contributed by atoms with E-state index in [0.717, 1.165) is 24.0 Å². The molecule has 0 saturated carbocycles. The number of rotatable bonds is 15. The Hall–Kier alpha value is -2.32. The summed E-state index contributed by atoms with van der Waals surface area (Å²) in [7, 11) is 1.17. The van der Waals surface area contributed by atoms with Crippen molar-refractivity contribution in [2.45, 2.75) is 90.9 Å². The van der Waals surface area contributed by atoms with Crippen LogP contribution in [0, 0.1) is 13.8 Å². The van der Waals surface area contributed by atoms with Gasteiger partial charge in [0, 0.05) is 5.56 Å². The summed E-state index contributed by atoms with van der Waals surface area (Å²) in [6.45, 7) is 6.45. The predicted octanol–water partition coefficient (Wildman–Crippen LogP) is 7.94. The molecule has 2 aromatic rings. The fourth-order valence-corrected chi connectivity index (χ4v) is 4.23. The zero-order chi connectivity index (χ0) is 25.2. The maximum atomic E-state index is 13.4. The van der Waals surface area contributed by atoms with Crippen LogP contribution in [0.5, 0.6) is 0 Å². The Morgan fingerprint density at radius 2 is 1.24 bits per heavy atom. The average Bonchev–Trinajstić information content (AvgIpc) is 2.84. The third-order valence-corrected chi connectivity index (χ3v) is 6.10. The molecule has 186 valence electrons. The molecule has 0 aliphatic heterocycles. The first-order chi connectivity index (χ1) is 16.6. The zero-order valence-corrected chi connectivity index (χ0v) is 22.3. The number of Topliss-reactive ketones (excluding diaryl/α,β-unsaturated/α-hetero) is 1. The van der Waals surface area contributed by atoms with Gasteiger partial charge in [0.1, 0.15) is 5.92 Å². The van der Waals surface area contributed by atoms with E-state index >= 15 is 0 Å². The lowest BCUT2D eigenvalue weighted by atomic mass is 9.87. The van der Waals surface area contributed by atoms with Gasteiger partial charge in [0.25, 0.3) is 0 Å². The molecule has 2 atom stereocenters. The second-order valence-electron chi connectivity index (χ2n) is 8.82. The monoisotopic (exact) mass is 485 g/mol. The van der Waals surface area contributed by atoms with Crippen LogP contribution in [-0.2, 0) is 14.1 Å². The molecule has 0 bridgehead atoms. The van der Waals surface area contributed by atoms with E-state index in [1.54, 1.807) is 0 Å². The summed E-state index contributed by atoms with van der Waals surface area (Å²) in [5.74, 6) is -1.54. The summed E-state index contributed by atoms with van der Waals surface area (Å²) in [5, 5.41) is 0. The number of esters is 1. The molecule has 34 heavy (non-hydrogen) atoms. The van der Waals surface area contributed by atoms with E-state index in [-0.39, 0.29) is 5.78 Å². The molecule has 0 aliphatic rings. The Labute approximate surface area is 208 Å². The Bertz CT molecular complexity index is 830. The number of hydrogen-bond acceptors (Lipinski definition) is 4. The summed E-state index contributed by atoms with van der Waals surface area (Å²) >= 11 is 0. The van der Waals surface area contributed by atoms with Crippen molar-refractivity contribution in [3.05, 3.63) is 70.8 Å². The highest BCUT2D eigenvalue weighted by Gasteiger charge is 2.32. The predicted molar refractivity (Wildman–Crippen MR) is 143 cm³/mol. The van der Waals surface area contributed by atoms with Crippen LogP contribution in [0.1, 0.15) is 104 Å². The smallest absolute Gasteiger partial charge is 0.321 e. The van der Waals surface area contributed by atoms with Crippen molar-refractivity contribution in [2.24, 2.45) is 0 Å². The molecule has 4 nitrogen and oxygen atoms in total. The van der Waals surface area contributed by atoms with Crippen molar-refractivity contribution in [3.8, 4) is 0 Å². The van der Waals surface area contributed by atoms with Gasteiger partial charge >= 0.3 is 15.1 Å². The van der Waals surface area contributed by atoms with E-state index < -0.39 is 11.9 Å². The lowest BCUT2D eigenvalue weighted by molar-refractivity contribution is -0.144. The minimum Gasteiger partial charge on any atom is -0.465 e. The number of aryl methyl sites for hydroxylation is 2. The standard InChI is InChI=1S/C29H40O3.H2OP/c1-4-5-6-7-8-9-10-11-12-16-22-32-29(31)27(25-20-14-13-15-21-25)28(30)26-23(2)18-17-19-24(26)3;1-2/h13-15,17-21,27H,4-12,16,22H2,1-3H3;2H2/q;+1. The van der Waals surface area contributed by atoms with Crippen molar-refractivity contribution in [3.63, 3.8) is 0 Å². The lowest BCUT2D eigenvalue weighted by Gasteiger charge is -2.18. The highest BCUT2D eigenvalue weighted by atomic mass is 31.0. The van der Waals surface area contributed by atoms with Crippen LogP contribution in [0.4, 0.5) is 0 Å². The SMILES string of the molecule is CCCCCCCCCCCCOC(=O)C(C(=O)c1c(C)cccc1C)c1ccccc1.O=[PH2+]. The van der Waals surface area contributed by atoms with Crippen LogP contribution in [0.2, 0.25) is 0 Å². The number of ether oxygens (including phenoxy) is 1. The molecular formula is C29H42O4P+. The normalized spacial score (nSPS) is 11.3. The third-order valence-electron chi connectivity index (χ3n) is 6.10. The summed E-state index contributed by atoms with van der Waals surface area (Å²) in [6.07, 6.45) is 12.3.